The number of aryl methyl sites for hydroxylation is 1. The fourth-order valence-electron chi connectivity index (χ4n) is 1.80. The van der Waals surface area contributed by atoms with Gasteiger partial charge in [0.15, 0.2) is 0 Å². The molecule has 0 spiro atoms. The van der Waals surface area contributed by atoms with Gasteiger partial charge in [0.25, 0.3) is 0 Å². The number of rotatable bonds is 7. The summed E-state index contributed by atoms with van der Waals surface area (Å²) in [5, 5.41) is 21.3. The lowest BCUT2D eigenvalue weighted by molar-refractivity contribution is 0.0697. The van der Waals surface area contributed by atoms with Crippen LogP contribution in [0.1, 0.15) is 22.3 Å². The van der Waals surface area contributed by atoms with E-state index < -0.39 is 5.97 Å². The minimum Gasteiger partial charge on any atom is -0.478 e. The molecule has 5 nitrogen and oxygen atoms in total. The second-order valence-corrected chi connectivity index (χ2v) is 4.11. The average molecular weight is 253 g/mol. The summed E-state index contributed by atoms with van der Waals surface area (Å²) in [4.78, 5) is 11.2. The average Bonchev–Trinajstić information content (AvgIpc) is 2.32. The lowest BCUT2D eigenvalue weighted by atomic mass is 10.1. The zero-order valence-corrected chi connectivity index (χ0v) is 10.6. The summed E-state index contributed by atoms with van der Waals surface area (Å²) in [6, 6.07) is 5.00. The van der Waals surface area contributed by atoms with Crippen LogP contribution in [0.15, 0.2) is 18.2 Å². The van der Waals surface area contributed by atoms with E-state index >= 15 is 0 Å². The molecule has 0 aliphatic rings. The lowest BCUT2D eigenvalue weighted by Crippen LogP contribution is -2.27. The first-order chi connectivity index (χ1) is 8.60. The Morgan fingerprint density at radius 1 is 1.50 bits per heavy atom. The Balaban J connectivity index is 2.96. The van der Waals surface area contributed by atoms with Gasteiger partial charge >= 0.3 is 5.97 Å². The second-order valence-electron chi connectivity index (χ2n) is 4.11. The molecule has 0 aliphatic carbocycles. The maximum atomic E-state index is 11.2. The van der Waals surface area contributed by atoms with Crippen LogP contribution < -0.4 is 5.32 Å². The third-order valence-electron chi connectivity index (χ3n) is 2.70. The molecule has 0 amide bonds. The van der Waals surface area contributed by atoms with Gasteiger partial charge in [-0.3, -0.25) is 0 Å². The van der Waals surface area contributed by atoms with Crippen LogP contribution in [0.5, 0.6) is 0 Å². The fourth-order valence-corrected chi connectivity index (χ4v) is 1.80. The molecule has 0 aliphatic heterocycles. The summed E-state index contributed by atoms with van der Waals surface area (Å²) in [6.07, 6.45) is 0.501. The number of ether oxygens (including phenoxy) is 1. The van der Waals surface area contributed by atoms with Crippen molar-refractivity contribution in [3.8, 4) is 0 Å². The summed E-state index contributed by atoms with van der Waals surface area (Å²) < 4.78 is 5.05. The highest BCUT2D eigenvalue weighted by Crippen LogP contribution is 2.22. The predicted octanol–water partition coefficient (Wildman–Crippen LogP) is 1.50. The molecular formula is C13H19NO4. The molecule has 0 aromatic heterocycles. The molecule has 1 rings (SSSR count). The number of carboxylic acids is 1. The number of aliphatic hydroxyl groups excluding tert-OH is 1. The molecule has 0 heterocycles. The Morgan fingerprint density at radius 2 is 2.22 bits per heavy atom. The summed E-state index contributed by atoms with van der Waals surface area (Å²) in [5.41, 5.74) is 1.67. The number of carboxylic acid groups (broad SMARTS) is 1. The summed E-state index contributed by atoms with van der Waals surface area (Å²) in [7, 11) is 1.57. The minimum absolute atomic E-state index is 0.0231. The van der Waals surface area contributed by atoms with E-state index in [-0.39, 0.29) is 18.2 Å². The van der Waals surface area contributed by atoms with Crippen molar-refractivity contribution < 1.29 is 19.7 Å². The molecule has 1 aromatic rings. The van der Waals surface area contributed by atoms with Crippen LogP contribution in [-0.4, -0.2) is 42.5 Å². The highest BCUT2D eigenvalue weighted by atomic mass is 16.5. The van der Waals surface area contributed by atoms with Gasteiger partial charge in [-0.1, -0.05) is 12.1 Å². The van der Waals surface area contributed by atoms with Crippen LogP contribution >= 0.6 is 0 Å². The second kappa shape index (κ2) is 6.98. The molecule has 100 valence electrons. The first kappa shape index (κ1) is 14.5. The number of hydrogen-bond acceptors (Lipinski definition) is 4. The van der Waals surface area contributed by atoms with Crippen LogP contribution in [0, 0.1) is 6.92 Å². The number of para-hydroxylation sites is 1. The van der Waals surface area contributed by atoms with Crippen molar-refractivity contribution in [3.05, 3.63) is 29.3 Å². The molecule has 18 heavy (non-hydrogen) atoms. The summed E-state index contributed by atoms with van der Waals surface area (Å²) >= 11 is 0. The maximum absolute atomic E-state index is 11.2. The van der Waals surface area contributed by atoms with Gasteiger partial charge in [-0.25, -0.2) is 4.79 Å². The Labute approximate surface area is 106 Å². The smallest absolute Gasteiger partial charge is 0.337 e. The molecule has 0 fully saturated rings. The third-order valence-corrected chi connectivity index (χ3v) is 2.70. The normalized spacial score (nSPS) is 12.2. The van der Waals surface area contributed by atoms with Gasteiger partial charge in [-0.05, 0) is 25.0 Å². The van der Waals surface area contributed by atoms with E-state index in [1.165, 1.54) is 0 Å². The standard InChI is InChI=1S/C13H19NO4/c1-9-4-3-5-11(13(16)17)12(9)14-10(6-7-15)8-18-2/h3-5,10,14-15H,6-8H2,1-2H3,(H,16,17). The molecule has 1 atom stereocenters. The molecular weight excluding hydrogens is 234 g/mol. The van der Waals surface area contributed by atoms with Crippen molar-refractivity contribution in [2.24, 2.45) is 0 Å². The van der Waals surface area contributed by atoms with E-state index in [1.807, 2.05) is 13.0 Å². The quantitative estimate of drug-likeness (QED) is 0.686. The molecule has 5 heteroatoms. The van der Waals surface area contributed by atoms with Crippen molar-refractivity contribution in [1.82, 2.24) is 0 Å². The van der Waals surface area contributed by atoms with Crippen LogP contribution in [-0.2, 0) is 4.74 Å². The van der Waals surface area contributed by atoms with E-state index in [4.69, 9.17) is 14.9 Å². The van der Waals surface area contributed by atoms with Gasteiger partial charge in [0, 0.05) is 13.7 Å². The van der Waals surface area contributed by atoms with Gasteiger partial charge in [0.05, 0.1) is 23.9 Å². The Morgan fingerprint density at radius 3 is 2.78 bits per heavy atom. The zero-order chi connectivity index (χ0) is 13.5. The first-order valence-corrected chi connectivity index (χ1v) is 5.79. The number of carbonyl (C=O) groups is 1. The number of anilines is 1. The van der Waals surface area contributed by atoms with E-state index in [1.54, 1.807) is 19.2 Å². The Bertz CT molecular complexity index is 400. The van der Waals surface area contributed by atoms with Crippen LogP contribution in [0.4, 0.5) is 5.69 Å². The number of aliphatic hydroxyl groups is 1. The van der Waals surface area contributed by atoms with E-state index in [0.29, 0.717) is 18.7 Å². The Kier molecular flexibility index (Phi) is 5.61. The predicted molar refractivity (Wildman–Crippen MR) is 69.1 cm³/mol. The number of aromatic carboxylic acids is 1. The monoisotopic (exact) mass is 253 g/mol. The minimum atomic E-state index is -0.971. The van der Waals surface area contributed by atoms with E-state index in [0.717, 1.165) is 5.56 Å². The van der Waals surface area contributed by atoms with E-state index in [2.05, 4.69) is 5.32 Å². The Hall–Kier alpha value is -1.59. The van der Waals surface area contributed by atoms with Crippen LogP contribution in [0.2, 0.25) is 0 Å². The summed E-state index contributed by atoms with van der Waals surface area (Å²) in [6.45, 7) is 2.28. The molecule has 0 radical (unpaired) electrons. The van der Waals surface area contributed by atoms with Gasteiger partial charge in [-0.2, -0.15) is 0 Å². The number of nitrogens with one attached hydrogen (secondary N) is 1. The van der Waals surface area contributed by atoms with Gasteiger partial charge in [0.2, 0.25) is 0 Å². The molecule has 1 aromatic carbocycles. The van der Waals surface area contributed by atoms with Crippen molar-refractivity contribution in [2.75, 3.05) is 25.6 Å². The van der Waals surface area contributed by atoms with Crippen molar-refractivity contribution in [1.29, 1.82) is 0 Å². The van der Waals surface area contributed by atoms with Gasteiger partial charge < -0.3 is 20.3 Å². The third kappa shape index (κ3) is 3.72. The van der Waals surface area contributed by atoms with Crippen molar-refractivity contribution >= 4 is 11.7 Å². The SMILES string of the molecule is COCC(CCO)Nc1c(C)cccc1C(=O)O. The number of hydrogen-bond donors (Lipinski definition) is 3. The highest BCUT2D eigenvalue weighted by Gasteiger charge is 2.15. The van der Waals surface area contributed by atoms with Gasteiger partial charge in [0.1, 0.15) is 0 Å². The molecule has 0 bridgehead atoms. The molecule has 3 N–H and O–H groups in total. The zero-order valence-electron chi connectivity index (χ0n) is 10.6. The first-order valence-electron chi connectivity index (χ1n) is 5.79. The van der Waals surface area contributed by atoms with Crippen LogP contribution in [0.3, 0.4) is 0 Å². The largest absolute Gasteiger partial charge is 0.478 e. The number of benzene rings is 1. The maximum Gasteiger partial charge on any atom is 0.337 e. The molecule has 0 saturated carbocycles. The molecule has 1 unspecified atom stereocenters. The van der Waals surface area contributed by atoms with Crippen molar-refractivity contribution in [3.63, 3.8) is 0 Å². The van der Waals surface area contributed by atoms with Crippen molar-refractivity contribution in [2.45, 2.75) is 19.4 Å². The number of methoxy groups -OCH3 is 1. The lowest BCUT2D eigenvalue weighted by Gasteiger charge is -2.21. The van der Waals surface area contributed by atoms with Gasteiger partial charge in [-0.15, -0.1) is 0 Å². The molecule has 0 saturated heterocycles. The van der Waals surface area contributed by atoms with E-state index in [9.17, 15) is 4.79 Å². The fraction of sp³-hybridized carbons (Fsp3) is 0.462. The highest BCUT2D eigenvalue weighted by molar-refractivity contribution is 5.95. The van der Waals surface area contributed by atoms with Crippen LogP contribution in [0.25, 0.3) is 0 Å². The topological polar surface area (TPSA) is 78.8 Å². The summed E-state index contributed by atoms with van der Waals surface area (Å²) in [5.74, 6) is -0.971.